The SMILES string of the molecule is COc1ccc2oc(-c3cccc(NC(=O)c4cccc(I)c4)c3)nc2c1. The summed E-state index contributed by atoms with van der Waals surface area (Å²) in [6.45, 7) is 0. The van der Waals surface area contributed by atoms with Crippen LogP contribution in [-0.2, 0) is 0 Å². The number of amides is 1. The van der Waals surface area contributed by atoms with Gasteiger partial charge >= 0.3 is 0 Å². The van der Waals surface area contributed by atoms with Crippen molar-refractivity contribution in [1.29, 1.82) is 0 Å². The maximum atomic E-state index is 12.5. The third-order valence-corrected chi connectivity index (χ3v) is 4.72. The van der Waals surface area contributed by atoms with Gasteiger partial charge in [0.2, 0.25) is 5.89 Å². The van der Waals surface area contributed by atoms with Crippen LogP contribution in [0.25, 0.3) is 22.6 Å². The van der Waals surface area contributed by atoms with E-state index >= 15 is 0 Å². The molecule has 4 aromatic rings. The van der Waals surface area contributed by atoms with E-state index in [1.165, 1.54) is 0 Å². The molecule has 0 atom stereocenters. The van der Waals surface area contributed by atoms with Gasteiger partial charge in [0.25, 0.3) is 5.91 Å². The van der Waals surface area contributed by atoms with E-state index in [1.54, 1.807) is 13.2 Å². The first-order valence-electron chi connectivity index (χ1n) is 8.24. The predicted molar refractivity (Wildman–Crippen MR) is 113 cm³/mol. The Morgan fingerprint density at radius 2 is 1.93 bits per heavy atom. The number of aromatic nitrogens is 1. The van der Waals surface area contributed by atoms with E-state index in [0.29, 0.717) is 22.7 Å². The minimum atomic E-state index is -0.159. The second-order valence-electron chi connectivity index (χ2n) is 5.90. The van der Waals surface area contributed by atoms with Gasteiger partial charge in [0.05, 0.1) is 7.11 Å². The van der Waals surface area contributed by atoms with E-state index in [4.69, 9.17) is 9.15 Å². The van der Waals surface area contributed by atoms with Gasteiger partial charge in [-0.25, -0.2) is 4.98 Å². The number of hydrogen-bond acceptors (Lipinski definition) is 4. The van der Waals surface area contributed by atoms with Gasteiger partial charge < -0.3 is 14.5 Å². The highest BCUT2D eigenvalue weighted by atomic mass is 127. The molecule has 0 spiro atoms. The third kappa shape index (κ3) is 3.80. The molecule has 1 amide bonds. The van der Waals surface area contributed by atoms with E-state index in [1.807, 2.05) is 60.7 Å². The normalized spacial score (nSPS) is 10.7. The van der Waals surface area contributed by atoms with Crippen molar-refractivity contribution in [1.82, 2.24) is 4.98 Å². The summed E-state index contributed by atoms with van der Waals surface area (Å²) >= 11 is 2.18. The molecule has 0 radical (unpaired) electrons. The summed E-state index contributed by atoms with van der Waals surface area (Å²) in [6.07, 6.45) is 0. The molecule has 0 bridgehead atoms. The number of carbonyl (C=O) groups is 1. The van der Waals surface area contributed by atoms with Gasteiger partial charge in [-0.05, 0) is 71.1 Å². The number of carbonyl (C=O) groups excluding carboxylic acids is 1. The first-order valence-corrected chi connectivity index (χ1v) is 9.32. The van der Waals surface area contributed by atoms with Crippen LogP contribution in [-0.4, -0.2) is 18.0 Å². The topological polar surface area (TPSA) is 64.4 Å². The number of fused-ring (bicyclic) bond motifs is 1. The van der Waals surface area contributed by atoms with Crippen LogP contribution in [0, 0.1) is 3.57 Å². The molecule has 6 heteroatoms. The molecule has 0 aliphatic heterocycles. The smallest absolute Gasteiger partial charge is 0.255 e. The summed E-state index contributed by atoms with van der Waals surface area (Å²) < 4.78 is 12.1. The number of halogens is 1. The quantitative estimate of drug-likeness (QED) is 0.408. The molecule has 1 N–H and O–H groups in total. The number of oxazole rings is 1. The Kier molecular flexibility index (Phi) is 4.81. The van der Waals surface area contributed by atoms with Gasteiger partial charge in [-0.1, -0.05) is 12.1 Å². The Morgan fingerprint density at radius 3 is 2.74 bits per heavy atom. The average molecular weight is 470 g/mol. The Labute approximate surface area is 169 Å². The lowest BCUT2D eigenvalue weighted by Gasteiger charge is -2.06. The van der Waals surface area contributed by atoms with Crippen LogP contribution in [0.3, 0.4) is 0 Å². The van der Waals surface area contributed by atoms with Crippen molar-refractivity contribution in [2.45, 2.75) is 0 Å². The third-order valence-electron chi connectivity index (χ3n) is 4.05. The fraction of sp³-hybridized carbons (Fsp3) is 0.0476. The van der Waals surface area contributed by atoms with Crippen molar-refractivity contribution in [3.05, 3.63) is 75.9 Å². The van der Waals surface area contributed by atoms with Crippen molar-refractivity contribution in [3.63, 3.8) is 0 Å². The molecule has 0 saturated carbocycles. The average Bonchev–Trinajstić information content (AvgIpc) is 3.11. The number of nitrogens with zero attached hydrogens (tertiary/aromatic N) is 1. The van der Waals surface area contributed by atoms with Gasteiger partial charge in [-0.3, -0.25) is 4.79 Å². The van der Waals surface area contributed by atoms with Gasteiger partial charge in [0.1, 0.15) is 11.3 Å². The van der Waals surface area contributed by atoms with Crippen molar-refractivity contribution in [2.75, 3.05) is 12.4 Å². The summed E-state index contributed by atoms with van der Waals surface area (Å²) in [5.74, 6) is 1.05. The molecule has 134 valence electrons. The van der Waals surface area contributed by atoms with E-state index in [9.17, 15) is 4.79 Å². The van der Waals surface area contributed by atoms with Crippen LogP contribution in [0.4, 0.5) is 5.69 Å². The van der Waals surface area contributed by atoms with Crippen LogP contribution in [0.1, 0.15) is 10.4 Å². The van der Waals surface area contributed by atoms with Gasteiger partial charge in [-0.15, -0.1) is 0 Å². The van der Waals surface area contributed by atoms with E-state index < -0.39 is 0 Å². The Bertz CT molecular complexity index is 1140. The van der Waals surface area contributed by atoms with Gasteiger partial charge in [0, 0.05) is 26.5 Å². The van der Waals surface area contributed by atoms with E-state index in [-0.39, 0.29) is 5.91 Å². The molecule has 0 saturated heterocycles. The molecule has 0 aliphatic carbocycles. The molecule has 0 unspecified atom stereocenters. The first-order chi connectivity index (χ1) is 13.1. The number of benzene rings is 3. The van der Waals surface area contributed by atoms with E-state index in [0.717, 1.165) is 20.4 Å². The largest absolute Gasteiger partial charge is 0.497 e. The predicted octanol–water partition coefficient (Wildman–Crippen LogP) is 5.36. The fourth-order valence-electron chi connectivity index (χ4n) is 2.72. The fourth-order valence-corrected chi connectivity index (χ4v) is 3.26. The van der Waals surface area contributed by atoms with Crippen molar-refractivity contribution in [2.24, 2.45) is 0 Å². The Hall–Kier alpha value is -2.87. The maximum Gasteiger partial charge on any atom is 0.255 e. The lowest BCUT2D eigenvalue weighted by Crippen LogP contribution is -2.11. The van der Waals surface area contributed by atoms with Crippen LogP contribution in [0.15, 0.2) is 71.1 Å². The van der Waals surface area contributed by atoms with Gasteiger partial charge in [-0.2, -0.15) is 0 Å². The Morgan fingerprint density at radius 1 is 1.07 bits per heavy atom. The highest BCUT2D eigenvalue weighted by Gasteiger charge is 2.11. The van der Waals surface area contributed by atoms with Crippen LogP contribution < -0.4 is 10.1 Å². The summed E-state index contributed by atoms with van der Waals surface area (Å²) in [7, 11) is 1.61. The molecular weight excluding hydrogens is 455 g/mol. The number of hydrogen-bond donors (Lipinski definition) is 1. The number of nitrogens with one attached hydrogen (secondary N) is 1. The molecule has 3 aromatic carbocycles. The second-order valence-corrected chi connectivity index (χ2v) is 7.14. The van der Waals surface area contributed by atoms with Crippen LogP contribution >= 0.6 is 22.6 Å². The lowest BCUT2D eigenvalue weighted by molar-refractivity contribution is 0.102. The van der Waals surface area contributed by atoms with Crippen LogP contribution in [0.5, 0.6) is 5.75 Å². The summed E-state index contributed by atoms with van der Waals surface area (Å²) in [5, 5.41) is 2.92. The molecule has 5 nitrogen and oxygen atoms in total. The second kappa shape index (κ2) is 7.40. The van der Waals surface area contributed by atoms with Gasteiger partial charge in [0.15, 0.2) is 5.58 Å². The highest BCUT2D eigenvalue weighted by Crippen LogP contribution is 2.28. The molecular formula is C21H15IN2O3. The Balaban J connectivity index is 1.61. The molecule has 1 aromatic heterocycles. The summed E-state index contributed by atoms with van der Waals surface area (Å²) in [6, 6.07) is 20.3. The monoisotopic (exact) mass is 470 g/mol. The summed E-state index contributed by atoms with van der Waals surface area (Å²) in [4.78, 5) is 17.0. The molecule has 1 heterocycles. The number of rotatable bonds is 4. The molecule has 27 heavy (non-hydrogen) atoms. The van der Waals surface area contributed by atoms with Crippen molar-refractivity contribution in [3.8, 4) is 17.2 Å². The van der Waals surface area contributed by atoms with Crippen molar-refractivity contribution >= 4 is 45.3 Å². The zero-order chi connectivity index (χ0) is 18.8. The molecule has 0 fully saturated rings. The first kappa shape index (κ1) is 17.5. The standard InChI is InChI=1S/C21H15IN2O3/c1-26-17-8-9-19-18(12-17)24-21(27-19)14-5-3-7-16(11-14)23-20(25)13-4-2-6-15(22)10-13/h2-12H,1H3,(H,23,25). The number of ether oxygens (including phenoxy) is 1. The maximum absolute atomic E-state index is 12.5. The van der Waals surface area contributed by atoms with Crippen molar-refractivity contribution < 1.29 is 13.9 Å². The minimum absolute atomic E-state index is 0.159. The zero-order valence-electron chi connectivity index (χ0n) is 14.4. The molecule has 0 aliphatic rings. The number of methoxy groups -OCH3 is 1. The molecule has 4 rings (SSSR count). The zero-order valence-corrected chi connectivity index (χ0v) is 16.6. The minimum Gasteiger partial charge on any atom is -0.497 e. The lowest BCUT2D eigenvalue weighted by atomic mass is 10.1. The highest BCUT2D eigenvalue weighted by molar-refractivity contribution is 14.1. The van der Waals surface area contributed by atoms with Crippen LogP contribution in [0.2, 0.25) is 0 Å². The summed E-state index contributed by atoms with van der Waals surface area (Å²) in [5.41, 5.74) is 3.47. The number of anilines is 1. The van der Waals surface area contributed by atoms with E-state index in [2.05, 4.69) is 32.9 Å².